The number of carbonyl (C=O) groups is 1. The molecule has 3 aliphatic rings. The molecule has 3 atom stereocenters. The van der Waals surface area contributed by atoms with E-state index in [1.165, 1.54) is 29.4 Å². The highest BCUT2D eigenvalue weighted by molar-refractivity contribution is 7.10. The summed E-state index contributed by atoms with van der Waals surface area (Å²) in [6, 6.07) is 5.41. The number of thiazole rings is 1. The molecule has 0 radical (unpaired) electrons. The average Bonchev–Trinajstić information content (AvgIpc) is 3.83. The Hall–Kier alpha value is -4.82. The number of halogens is 6. The second kappa shape index (κ2) is 13.7. The zero-order chi connectivity index (χ0) is 35.9. The zero-order valence-corrected chi connectivity index (χ0v) is 27.7. The first-order valence-corrected chi connectivity index (χ1v) is 17.1. The van der Waals surface area contributed by atoms with Crippen LogP contribution in [0.3, 0.4) is 0 Å². The standard InChI is InChI=1S/C34H30F6N8O2S/c35-20-15-33(7-3-10-47(33)17-20)19-50-32-44-29-23(16-43-28(27(29)37)22-4-1-2-5-24(22)34(38,39)40)30(45-32)46-11-12-48(21(18-46)6-8-41)31(49)25(36)14-26-42-9-13-51-26/h1-2,4-5,9,13-14,16,20-21H,3,6-7,10-12,15,17-19H2/b25-14-/t20-,21+,33+/m1/s1. The third-order valence-corrected chi connectivity index (χ3v) is 10.4. The van der Waals surface area contributed by atoms with Crippen LogP contribution in [-0.4, -0.2) is 92.7 Å². The number of alkyl halides is 4. The molecule has 3 aromatic heterocycles. The maximum atomic E-state index is 16.5. The first-order chi connectivity index (χ1) is 24.5. The van der Waals surface area contributed by atoms with Crippen LogP contribution in [0.1, 0.15) is 36.3 Å². The van der Waals surface area contributed by atoms with E-state index in [1.807, 2.05) is 11.0 Å². The van der Waals surface area contributed by atoms with Crippen molar-refractivity contribution < 1.29 is 35.9 Å². The summed E-state index contributed by atoms with van der Waals surface area (Å²) in [5, 5.41) is 11.6. The summed E-state index contributed by atoms with van der Waals surface area (Å²) in [5.74, 6) is -3.02. The molecule has 7 rings (SSSR count). The molecule has 0 spiro atoms. The SMILES string of the molecule is N#CC[C@H]1CN(c2nc(OC[C@@]34CCCN3C[C@H](F)C4)nc3c(F)c(-c4ccccc4C(F)(F)F)ncc23)CCN1C(=O)/C(F)=C/c1nccs1. The summed E-state index contributed by atoms with van der Waals surface area (Å²) in [6.45, 7) is 0.938. The highest BCUT2D eigenvalue weighted by Gasteiger charge is 2.49. The normalized spacial score (nSPS) is 22.7. The maximum Gasteiger partial charge on any atom is 0.417 e. The lowest BCUT2D eigenvalue weighted by Gasteiger charge is -2.41. The van der Waals surface area contributed by atoms with Gasteiger partial charge in [0.05, 0.1) is 35.0 Å². The van der Waals surface area contributed by atoms with Gasteiger partial charge in [-0.15, -0.1) is 11.3 Å². The van der Waals surface area contributed by atoms with E-state index < -0.39 is 58.3 Å². The zero-order valence-electron chi connectivity index (χ0n) is 26.9. The van der Waals surface area contributed by atoms with Gasteiger partial charge in [-0.3, -0.25) is 14.7 Å². The number of hydrogen-bond acceptors (Lipinski definition) is 10. The van der Waals surface area contributed by atoms with Crippen molar-refractivity contribution in [3.63, 3.8) is 0 Å². The van der Waals surface area contributed by atoms with Crippen LogP contribution in [0, 0.1) is 17.1 Å². The number of piperazine rings is 1. The lowest BCUT2D eigenvalue weighted by atomic mass is 9.95. The second-order valence-electron chi connectivity index (χ2n) is 12.7. The van der Waals surface area contributed by atoms with E-state index >= 15 is 8.78 Å². The lowest BCUT2D eigenvalue weighted by molar-refractivity contribution is -0.137. The molecule has 10 nitrogen and oxygen atoms in total. The van der Waals surface area contributed by atoms with E-state index in [0.717, 1.165) is 36.0 Å². The van der Waals surface area contributed by atoms with Crippen molar-refractivity contribution in [2.45, 2.75) is 49.6 Å². The molecule has 51 heavy (non-hydrogen) atoms. The summed E-state index contributed by atoms with van der Waals surface area (Å²) < 4.78 is 93.9. The number of pyridine rings is 1. The molecule has 0 aliphatic carbocycles. The number of aromatic nitrogens is 4. The molecule has 4 aromatic rings. The van der Waals surface area contributed by atoms with Crippen LogP contribution in [0.4, 0.5) is 32.2 Å². The number of fused-ring (bicyclic) bond motifs is 2. The number of ether oxygens (including phenoxy) is 1. The molecular formula is C34H30F6N8O2S. The number of amides is 1. The number of hydrogen-bond donors (Lipinski definition) is 0. The van der Waals surface area contributed by atoms with Crippen molar-refractivity contribution in [2.24, 2.45) is 0 Å². The number of carbonyl (C=O) groups excluding carboxylic acids is 1. The quantitative estimate of drug-likeness (QED) is 0.155. The van der Waals surface area contributed by atoms with E-state index in [9.17, 15) is 27.6 Å². The van der Waals surface area contributed by atoms with Gasteiger partial charge in [0.1, 0.15) is 34.8 Å². The molecular weight excluding hydrogens is 698 g/mol. The van der Waals surface area contributed by atoms with Gasteiger partial charge >= 0.3 is 12.2 Å². The Morgan fingerprint density at radius 1 is 1.16 bits per heavy atom. The number of nitrogens with zero attached hydrogens (tertiary/aromatic N) is 8. The van der Waals surface area contributed by atoms with Gasteiger partial charge in [-0.2, -0.15) is 28.4 Å². The van der Waals surface area contributed by atoms with Crippen molar-refractivity contribution in [1.29, 1.82) is 5.26 Å². The first kappa shape index (κ1) is 34.6. The summed E-state index contributed by atoms with van der Waals surface area (Å²) in [5.41, 5.74) is -3.11. The van der Waals surface area contributed by atoms with Gasteiger partial charge < -0.3 is 14.5 Å². The minimum Gasteiger partial charge on any atom is -0.461 e. The third kappa shape index (κ3) is 6.69. The Balaban J connectivity index is 1.27. The number of benzene rings is 1. The maximum absolute atomic E-state index is 16.5. The molecule has 1 aromatic carbocycles. The van der Waals surface area contributed by atoms with Crippen LogP contribution in [0.25, 0.3) is 28.2 Å². The smallest absolute Gasteiger partial charge is 0.417 e. The predicted octanol–water partition coefficient (Wildman–Crippen LogP) is 6.20. The molecule has 3 saturated heterocycles. The van der Waals surface area contributed by atoms with Crippen LogP contribution in [0.5, 0.6) is 6.01 Å². The van der Waals surface area contributed by atoms with Crippen LogP contribution >= 0.6 is 11.3 Å². The fourth-order valence-electron chi connectivity index (χ4n) is 7.31. The molecule has 1 amide bonds. The van der Waals surface area contributed by atoms with Gasteiger partial charge in [-0.05, 0) is 25.5 Å². The molecule has 17 heteroatoms. The minimum atomic E-state index is -4.80. The van der Waals surface area contributed by atoms with E-state index in [2.05, 4.69) is 19.9 Å². The monoisotopic (exact) mass is 728 g/mol. The predicted molar refractivity (Wildman–Crippen MR) is 175 cm³/mol. The highest BCUT2D eigenvalue weighted by atomic mass is 32.1. The summed E-state index contributed by atoms with van der Waals surface area (Å²) in [6.07, 6.45) is -0.595. The number of anilines is 1. The lowest BCUT2D eigenvalue weighted by Crippen LogP contribution is -2.55. The molecule has 3 aliphatic heterocycles. The number of rotatable bonds is 8. The summed E-state index contributed by atoms with van der Waals surface area (Å²) in [7, 11) is 0. The molecule has 0 N–H and O–H groups in total. The molecule has 3 fully saturated rings. The molecule has 266 valence electrons. The molecule has 0 bridgehead atoms. The topological polar surface area (TPSA) is 111 Å². The Morgan fingerprint density at radius 3 is 2.75 bits per heavy atom. The summed E-state index contributed by atoms with van der Waals surface area (Å²) in [4.78, 5) is 35.0. The van der Waals surface area contributed by atoms with E-state index in [-0.39, 0.29) is 68.4 Å². The van der Waals surface area contributed by atoms with Gasteiger partial charge in [0.25, 0.3) is 5.91 Å². The Labute approximate surface area is 292 Å². The highest BCUT2D eigenvalue weighted by Crippen LogP contribution is 2.42. The second-order valence-corrected chi connectivity index (χ2v) is 13.7. The van der Waals surface area contributed by atoms with E-state index in [0.29, 0.717) is 18.0 Å². The van der Waals surface area contributed by atoms with Crippen molar-refractivity contribution >= 4 is 40.0 Å². The van der Waals surface area contributed by atoms with Crippen LogP contribution in [0.2, 0.25) is 0 Å². The van der Waals surface area contributed by atoms with Gasteiger partial charge in [0, 0.05) is 62.0 Å². The fraction of sp³-hybridized carbons (Fsp3) is 0.412. The van der Waals surface area contributed by atoms with Crippen LogP contribution in [-0.2, 0) is 11.0 Å². The minimum absolute atomic E-state index is 0.00111. The van der Waals surface area contributed by atoms with Crippen LogP contribution in [0.15, 0.2) is 47.9 Å². The number of nitriles is 1. The molecule has 6 heterocycles. The van der Waals surface area contributed by atoms with E-state index in [1.54, 1.807) is 10.3 Å². The van der Waals surface area contributed by atoms with Gasteiger partial charge in [-0.1, -0.05) is 18.2 Å². The van der Waals surface area contributed by atoms with Crippen molar-refractivity contribution in [2.75, 3.05) is 44.2 Å². The largest absolute Gasteiger partial charge is 0.461 e. The summed E-state index contributed by atoms with van der Waals surface area (Å²) >= 11 is 1.15. The van der Waals surface area contributed by atoms with Crippen LogP contribution < -0.4 is 9.64 Å². The van der Waals surface area contributed by atoms with Gasteiger partial charge in [-0.25, -0.2) is 18.2 Å². The average molecular weight is 729 g/mol. The Morgan fingerprint density at radius 2 is 1.98 bits per heavy atom. The Kier molecular flexibility index (Phi) is 9.31. The molecule has 0 unspecified atom stereocenters. The third-order valence-electron chi connectivity index (χ3n) is 9.64. The fourth-order valence-corrected chi connectivity index (χ4v) is 7.86. The van der Waals surface area contributed by atoms with Crippen molar-refractivity contribution in [1.82, 2.24) is 29.7 Å². The van der Waals surface area contributed by atoms with Crippen molar-refractivity contribution in [3.8, 4) is 23.3 Å². The van der Waals surface area contributed by atoms with Gasteiger partial charge in [0.2, 0.25) is 0 Å². The first-order valence-electron chi connectivity index (χ1n) is 16.2. The van der Waals surface area contributed by atoms with Gasteiger partial charge in [0.15, 0.2) is 11.6 Å². The van der Waals surface area contributed by atoms with E-state index in [4.69, 9.17) is 4.74 Å². The Bertz CT molecular complexity index is 2020. The molecule has 0 saturated carbocycles. The van der Waals surface area contributed by atoms with Crippen molar-refractivity contribution in [3.05, 3.63) is 64.3 Å².